The van der Waals surface area contributed by atoms with Crippen molar-refractivity contribution in [2.24, 2.45) is 0 Å². The molecule has 0 fully saturated rings. The molecule has 0 aliphatic carbocycles. The van der Waals surface area contributed by atoms with E-state index in [2.05, 4.69) is 104 Å². The van der Waals surface area contributed by atoms with E-state index in [1.807, 2.05) is 0 Å². The van der Waals surface area contributed by atoms with Gasteiger partial charge in [0.1, 0.15) is 0 Å². The Kier molecular flexibility index (Phi) is 3.45. The molecule has 0 aliphatic rings. The van der Waals surface area contributed by atoms with Crippen LogP contribution in [-0.2, 0) is 0 Å². The van der Waals surface area contributed by atoms with E-state index < -0.39 is 0 Å². The number of nitrogens with zero attached hydrogens (tertiary/aromatic N) is 1. The van der Waals surface area contributed by atoms with Gasteiger partial charge in [-0.3, -0.25) is 0 Å². The Morgan fingerprint density at radius 2 is 1.00 bits per heavy atom. The second-order valence-corrected chi connectivity index (χ2v) is 7.68. The molecule has 0 atom stereocenters. The van der Waals surface area contributed by atoms with Crippen LogP contribution in [0.25, 0.3) is 54.5 Å². The number of fused-ring (bicyclic) bond motifs is 8. The minimum Gasteiger partial charge on any atom is -0.247 e. The average molecular weight is 369 g/mol. The fraction of sp³-hybridized carbons (Fsp3) is 0.0357. The van der Waals surface area contributed by atoms with Crippen LogP contribution in [-0.4, -0.2) is 4.98 Å². The van der Waals surface area contributed by atoms with Crippen LogP contribution >= 0.6 is 0 Å². The van der Waals surface area contributed by atoms with E-state index in [-0.39, 0.29) is 0 Å². The zero-order valence-corrected chi connectivity index (χ0v) is 16.2. The molecule has 0 aliphatic heterocycles. The molecule has 6 rings (SSSR count). The van der Waals surface area contributed by atoms with E-state index in [9.17, 15) is 0 Å². The first-order valence-electron chi connectivity index (χ1n) is 10.0. The minimum atomic E-state index is 1.04. The highest BCUT2D eigenvalue weighted by Gasteiger charge is 2.16. The van der Waals surface area contributed by atoms with Crippen LogP contribution in [0.2, 0.25) is 0 Å². The Morgan fingerprint density at radius 3 is 1.66 bits per heavy atom. The third kappa shape index (κ3) is 2.37. The first-order valence-corrected chi connectivity index (χ1v) is 10.0. The molecule has 1 heteroatoms. The summed E-state index contributed by atoms with van der Waals surface area (Å²) in [5.41, 5.74) is 4.51. The zero-order chi connectivity index (χ0) is 19.4. The second-order valence-electron chi connectivity index (χ2n) is 7.68. The van der Waals surface area contributed by atoms with Gasteiger partial charge in [-0.25, -0.2) is 4.98 Å². The van der Waals surface area contributed by atoms with Crippen LogP contribution in [0.3, 0.4) is 0 Å². The molecule has 1 aromatic heterocycles. The highest BCUT2D eigenvalue weighted by molar-refractivity contribution is 6.33. The van der Waals surface area contributed by atoms with E-state index in [0.717, 1.165) is 16.8 Å². The second kappa shape index (κ2) is 6.15. The number of pyridine rings is 1. The van der Waals surface area contributed by atoms with Gasteiger partial charge in [0.2, 0.25) is 0 Å². The normalized spacial score (nSPS) is 11.6. The molecular weight excluding hydrogens is 350 g/mol. The number of hydrogen-bond acceptors (Lipinski definition) is 1. The fourth-order valence-corrected chi connectivity index (χ4v) is 4.55. The predicted molar refractivity (Wildman–Crippen MR) is 124 cm³/mol. The van der Waals surface area contributed by atoms with Gasteiger partial charge < -0.3 is 0 Å². The summed E-state index contributed by atoms with van der Waals surface area (Å²) in [7, 11) is 0. The van der Waals surface area contributed by atoms with Gasteiger partial charge in [-0.15, -0.1) is 0 Å². The van der Waals surface area contributed by atoms with Crippen LogP contribution in [0, 0.1) is 6.92 Å². The number of aryl methyl sites for hydroxylation is 1. The summed E-state index contributed by atoms with van der Waals surface area (Å²) in [5.74, 6) is 0. The maximum Gasteiger partial charge on any atom is 0.0794 e. The van der Waals surface area contributed by atoms with E-state index in [4.69, 9.17) is 4.98 Å². The molecule has 136 valence electrons. The van der Waals surface area contributed by atoms with Gasteiger partial charge >= 0.3 is 0 Å². The molecule has 0 bridgehead atoms. The number of benzene rings is 5. The van der Waals surface area contributed by atoms with Crippen molar-refractivity contribution in [1.29, 1.82) is 0 Å². The smallest absolute Gasteiger partial charge is 0.0794 e. The van der Waals surface area contributed by atoms with Crippen molar-refractivity contribution in [1.82, 2.24) is 4.98 Å². The van der Waals surface area contributed by atoms with Crippen LogP contribution in [0.15, 0.2) is 97.1 Å². The highest BCUT2D eigenvalue weighted by atomic mass is 14.7. The standard InChI is InChI=1S/C28H19N/c1-18-14-16-19(17-15-18)28-27-23-11-5-3-9-21(23)20-8-2-4-10-22(20)26(27)24-12-6-7-13-25(24)29-28/h2-17H,1H3. The van der Waals surface area contributed by atoms with Crippen LogP contribution in [0.1, 0.15) is 5.56 Å². The summed E-state index contributed by atoms with van der Waals surface area (Å²) >= 11 is 0. The van der Waals surface area contributed by atoms with Crippen molar-refractivity contribution in [3.8, 4) is 11.3 Å². The summed E-state index contributed by atoms with van der Waals surface area (Å²) in [4.78, 5) is 5.16. The summed E-state index contributed by atoms with van der Waals surface area (Å²) < 4.78 is 0. The molecule has 0 N–H and O–H groups in total. The summed E-state index contributed by atoms with van der Waals surface area (Å²) in [6, 6.07) is 34.7. The minimum absolute atomic E-state index is 1.04. The van der Waals surface area contributed by atoms with Gasteiger partial charge in [0, 0.05) is 21.7 Å². The number of hydrogen-bond donors (Lipinski definition) is 0. The monoisotopic (exact) mass is 369 g/mol. The summed E-state index contributed by atoms with van der Waals surface area (Å²) in [6.45, 7) is 2.12. The number of para-hydroxylation sites is 1. The lowest BCUT2D eigenvalue weighted by Gasteiger charge is -2.16. The lowest BCUT2D eigenvalue weighted by Crippen LogP contribution is -1.93. The molecule has 0 radical (unpaired) electrons. The highest BCUT2D eigenvalue weighted by Crippen LogP contribution is 2.42. The first-order chi connectivity index (χ1) is 14.3. The van der Waals surface area contributed by atoms with Crippen LogP contribution < -0.4 is 0 Å². The molecule has 1 heterocycles. The first kappa shape index (κ1) is 16.3. The van der Waals surface area contributed by atoms with Crippen molar-refractivity contribution in [3.63, 3.8) is 0 Å². The number of rotatable bonds is 1. The number of aromatic nitrogens is 1. The Morgan fingerprint density at radius 1 is 0.483 bits per heavy atom. The quantitative estimate of drug-likeness (QED) is 0.271. The van der Waals surface area contributed by atoms with Gasteiger partial charge in [0.05, 0.1) is 11.2 Å². The lowest BCUT2D eigenvalue weighted by atomic mass is 9.90. The van der Waals surface area contributed by atoms with E-state index >= 15 is 0 Å². The van der Waals surface area contributed by atoms with E-state index in [1.54, 1.807) is 0 Å². The third-order valence-corrected chi connectivity index (χ3v) is 5.90. The van der Waals surface area contributed by atoms with E-state index in [0.29, 0.717) is 0 Å². The average Bonchev–Trinajstić information content (AvgIpc) is 2.79. The van der Waals surface area contributed by atoms with Crippen molar-refractivity contribution in [2.45, 2.75) is 6.92 Å². The maximum absolute atomic E-state index is 5.16. The Hall–Kier alpha value is -3.71. The van der Waals surface area contributed by atoms with Crippen molar-refractivity contribution < 1.29 is 0 Å². The molecule has 5 aromatic carbocycles. The molecule has 0 saturated carbocycles. The van der Waals surface area contributed by atoms with E-state index in [1.165, 1.54) is 43.3 Å². The molecule has 0 amide bonds. The third-order valence-electron chi connectivity index (χ3n) is 5.90. The van der Waals surface area contributed by atoms with Crippen molar-refractivity contribution in [3.05, 3.63) is 103 Å². The molecule has 0 unspecified atom stereocenters. The SMILES string of the molecule is Cc1ccc(-c2nc3ccccc3c3c4ccccc4c4ccccc4c23)cc1. The Labute approximate surface area is 169 Å². The van der Waals surface area contributed by atoms with Gasteiger partial charge in [-0.05, 0) is 34.5 Å². The lowest BCUT2D eigenvalue weighted by molar-refractivity contribution is 1.41. The molecule has 29 heavy (non-hydrogen) atoms. The molecule has 6 aromatic rings. The fourth-order valence-electron chi connectivity index (χ4n) is 4.55. The van der Waals surface area contributed by atoms with Crippen molar-refractivity contribution in [2.75, 3.05) is 0 Å². The molecule has 1 nitrogen and oxygen atoms in total. The van der Waals surface area contributed by atoms with Crippen LogP contribution in [0.4, 0.5) is 0 Å². The zero-order valence-electron chi connectivity index (χ0n) is 16.2. The van der Waals surface area contributed by atoms with Crippen molar-refractivity contribution >= 4 is 43.2 Å². The van der Waals surface area contributed by atoms with Gasteiger partial charge in [-0.2, -0.15) is 0 Å². The largest absolute Gasteiger partial charge is 0.247 e. The predicted octanol–water partition coefficient (Wildman–Crippen LogP) is 7.67. The molecular formula is C28H19N. The Balaban J connectivity index is 1.97. The summed E-state index contributed by atoms with van der Waals surface area (Å²) in [6.07, 6.45) is 0. The van der Waals surface area contributed by atoms with Gasteiger partial charge in [0.25, 0.3) is 0 Å². The summed E-state index contributed by atoms with van der Waals surface area (Å²) in [5, 5.41) is 8.86. The maximum atomic E-state index is 5.16. The van der Waals surface area contributed by atoms with Gasteiger partial charge in [0.15, 0.2) is 0 Å². The van der Waals surface area contributed by atoms with Crippen LogP contribution in [0.5, 0.6) is 0 Å². The molecule has 0 saturated heterocycles. The topological polar surface area (TPSA) is 12.9 Å². The molecule has 0 spiro atoms. The Bertz CT molecular complexity index is 1540. The van der Waals surface area contributed by atoms with Gasteiger partial charge in [-0.1, -0.05) is 96.6 Å².